The van der Waals surface area contributed by atoms with Crippen LogP contribution in [-0.4, -0.2) is 53.8 Å². The number of rotatable bonds is 6. The number of ether oxygens (including phenoxy) is 1. The van der Waals surface area contributed by atoms with Crippen molar-refractivity contribution in [3.05, 3.63) is 35.3 Å². The van der Waals surface area contributed by atoms with E-state index in [1.807, 2.05) is 35.2 Å². The molecule has 1 aliphatic carbocycles. The Labute approximate surface area is 170 Å². The number of amides is 1. The fourth-order valence-electron chi connectivity index (χ4n) is 3.95. The third-order valence-electron chi connectivity index (χ3n) is 5.62. The molecule has 7 heteroatoms. The van der Waals surface area contributed by atoms with Gasteiger partial charge in [-0.3, -0.25) is 4.79 Å². The van der Waals surface area contributed by atoms with E-state index in [1.54, 1.807) is 11.3 Å². The van der Waals surface area contributed by atoms with Gasteiger partial charge in [0.15, 0.2) is 0 Å². The predicted octanol–water partition coefficient (Wildman–Crippen LogP) is 3.70. The summed E-state index contributed by atoms with van der Waals surface area (Å²) in [6.45, 7) is 3.55. The van der Waals surface area contributed by atoms with Crippen molar-refractivity contribution in [2.75, 3.05) is 37.7 Å². The number of nitrogens with zero attached hydrogens (tertiary/aromatic N) is 4. The zero-order valence-electron chi connectivity index (χ0n) is 16.3. The molecular formula is C21H28N4O2S. The number of carbonyl (C=O) groups is 1. The van der Waals surface area contributed by atoms with E-state index in [0.29, 0.717) is 18.9 Å². The van der Waals surface area contributed by atoms with Crippen molar-refractivity contribution in [3.63, 3.8) is 0 Å². The van der Waals surface area contributed by atoms with Gasteiger partial charge in [-0.15, -0.1) is 10.2 Å². The molecule has 6 nitrogen and oxygen atoms in total. The molecule has 1 saturated carbocycles. The average Bonchev–Trinajstić information content (AvgIpc) is 3.25. The molecule has 1 amide bonds. The smallest absolute Gasteiger partial charge is 0.226 e. The van der Waals surface area contributed by atoms with E-state index in [0.717, 1.165) is 37.1 Å². The summed E-state index contributed by atoms with van der Waals surface area (Å²) >= 11 is 1.75. The van der Waals surface area contributed by atoms with E-state index in [4.69, 9.17) is 4.74 Å². The Hall–Kier alpha value is -2.15. The lowest BCUT2D eigenvalue weighted by Crippen LogP contribution is -2.49. The van der Waals surface area contributed by atoms with Crippen LogP contribution in [-0.2, 0) is 4.79 Å². The number of para-hydroxylation sites is 1. The summed E-state index contributed by atoms with van der Waals surface area (Å²) in [7, 11) is 0. The molecule has 2 fully saturated rings. The van der Waals surface area contributed by atoms with Crippen LogP contribution in [0.1, 0.15) is 49.5 Å². The normalized spacial score (nSPS) is 18.3. The molecule has 0 bridgehead atoms. The first-order valence-electron chi connectivity index (χ1n) is 10.3. The van der Waals surface area contributed by atoms with Crippen LogP contribution >= 0.6 is 11.3 Å². The van der Waals surface area contributed by atoms with Crippen molar-refractivity contribution >= 4 is 22.4 Å². The molecule has 2 aliphatic rings. The number of benzene rings is 1. The number of carbonyl (C=O) groups excluding carboxylic acids is 1. The lowest BCUT2D eigenvalue weighted by Gasteiger charge is -2.34. The van der Waals surface area contributed by atoms with Crippen LogP contribution in [0.2, 0.25) is 0 Å². The Morgan fingerprint density at radius 1 is 1.04 bits per heavy atom. The summed E-state index contributed by atoms with van der Waals surface area (Å²) in [5, 5.41) is 11.1. The minimum atomic E-state index is 0.163. The Kier molecular flexibility index (Phi) is 6.41. The summed E-state index contributed by atoms with van der Waals surface area (Å²) in [4.78, 5) is 16.7. The van der Waals surface area contributed by atoms with Gasteiger partial charge in [-0.25, -0.2) is 0 Å². The summed E-state index contributed by atoms with van der Waals surface area (Å²) in [6, 6.07) is 9.64. The van der Waals surface area contributed by atoms with Crippen molar-refractivity contribution in [2.45, 2.75) is 44.4 Å². The second-order valence-electron chi connectivity index (χ2n) is 7.54. The van der Waals surface area contributed by atoms with Crippen LogP contribution in [0.25, 0.3) is 0 Å². The molecule has 0 spiro atoms. The summed E-state index contributed by atoms with van der Waals surface area (Å²) in [5.74, 6) is 1.58. The SMILES string of the molecule is O=C(CCOc1ccccc1)N1CCN(c2nnc(C3CCCCC3)s2)CC1. The Bertz CT molecular complexity index is 753. The standard InChI is InChI=1S/C21H28N4O2S/c26-19(11-16-27-18-9-5-2-6-10-18)24-12-14-25(15-13-24)21-23-22-20(28-21)17-7-3-1-4-8-17/h2,5-6,9-10,17H,1,3-4,7-8,11-16H2. The van der Waals surface area contributed by atoms with Crippen LogP contribution in [0, 0.1) is 0 Å². The maximum Gasteiger partial charge on any atom is 0.226 e. The van der Waals surface area contributed by atoms with Gasteiger partial charge in [0.2, 0.25) is 11.0 Å². The van der Waals surface area contributed by atoms with Crippen molar-refractivity contribution in [2.24, 2.45) is 0 Å². The van der Waals surface area contributed by atoms with Gasteiger partial charge in [0, 0.05) is 32.1 Å². The summed E-state index contributed by atoms with van der Waals surface area (Å²) < 4.78 is 5.64. The number of piperazine rings is 1. The Balaban J connectivity index is 1.22. The maximum atomic E-state index is 12.4. The van der Waals surface area contributed by atoms with Gasteiger partial charge in [-0.05, 0) is 25.0 Å². The lowest BCUT2D eigenvalue weighted by atomic mass is 9.90. The number of hydrogen-bond acceptors (Lipinski definition) is 6. The molecule has 0 atom stereocenters. The molecule has 1 aliphatic heterocycles. The molecule has 150 valence electrons. The van der Waals surface area contributed by atoms with Crippen molar-refractivity contribution in [1.82, 2.24) is 15.1 Å². The molecule has 2 aromatic rings. The van der Waals surface area contributed by atoms with Crippen molar-refractivity contribution in [3.8, 4) is 5.75 Å². The van der Waals surface area contributed by atoms with E-state index in [1.165, 1.54) is 37.1 Å². The third-order valence-corrected chi connectivity index (χ3v) is 6.76. The minimum Gasteiger partial charge on any atom is -0.493 e. The lowest BCUT2D eigenvalue weighted by molar-refractivity contribution is -0.132. The number of hydrogen-bond donors (Lipinski definition) is 0. The topological polar surface area (TPSA) is 58.6 Å². The van der Waals surface area contributed by atoms with Crippen LogP contribution < -0.4 is 9.64 Å². The molecule has 2 heterocycles. The van der Waals surface area contributed by atoms with Gasteiger partial charge in [-0.1, -0.05) is 48.8 Å². The second-order valence-corrected chi connectivity index (χ2v) is 8.52. The van der Waals surface area contributed by atoms with Crippen LogP contribution in [0.4, 0.5) is 5.13 Å². The zero-order chi connectivity index (χ0) is 19.2. The Morgan fingerprint density at radius 3 is 2.54 bits per heavy atom. The molecular weight excluding hydrogens is 372 g/mol. The average molecular weight is 401 g/mol. The van der Waals surface area contributed by atoms with Crippen LogP contribution in [0.5, 0.6) is 5.75 Å². The van der Waals surface area contributed by atoms with E-state index < -0.39 is 0 Å². The van der Waals surface area contributed by atoms with E-state index in [9.17, 15) is 4.79 Å². The number of anilines is 1. The largest absolute Gasteiger partial charge is 0.493 e. The Morgan fingerprint density at radius 2 is 1.79 bits per heavy atom. The molecule has 0 radical (unpaired) electrons. The second kappa shape index (κ2) is 9.37. The van der Waals surface area contributed by atoms with Gasteiger partial charge in [-0.2, -0.15) is 0 Å². The third kappa shape index (κ3) is 4.82. The van der Waals surface area contributed by atoms with Crippen LogP contribution in [0.15, 0.2) is 30.3 Å². The first-order chi connectivity index (χ1) is 13.8. The van der Waals surface area contributed by atoms with Gasteiger partial charge in [0.1, 0.15) is 10.8 Å². The highest BCUT2D eigenvalue weighted by molar-refractivity contribution is 7.15. The predicted molar refractivity (Wildman–Crippen MR) is 111 cm³/mol. The van der Waals surface area contributed by atoms with E-state index in [2.05, 4.69) is 15.1 Å². The highest BCUT2D eigenvalue weighted by atomic mass is 32.1. The van der Waals surface area contributed by atoms with Gasteiger partial charge < -0.3 is 14.5 Å². The zero-order valence-corrected chi connectivity index (χ0v) is 17.1. The van der Waals surface area contributed by atoms with Crippen molar-refractivity contribution < 1.29 is 9.53 Å². The number of aromatic nitrogens is 2. The molecule has 1 aromatic carbocycles. The fraction of sp³-hybridized carbons (Fsp3) is 0.571. The highest BCUT2D eigenvalue weighted by Crippen LogP contribution is 2.36. The van der Waals surface area contributed by atoms with Crippen LogP contribution in [0.3, 0.4) is 0 Å². The first-order valence-corrected chi connectivity index (χ1v) is 11.2. The summed E-state index contributed by atoms with van der Waals surface area (Å²) in [6.07, 6.45) is 6.90. The minimum absolute atomic E-state index is 0.163. The molecule has 1 saturated heterocycles. The van der Waals surface area contributed by atoms with E-state index in [-0.39, 0.29) is 5.91 Å². The van der Waals surface area contributed by atoms with Gasteiger partial charge in [0.25, 0.3) is 0 Å². The monoisotopic (exact) mass is 400 g/mol. The van der Waals surface area contributed by atoms with E-state index >= 15 is 0 Å². The highest BCUT2D eigenvalue weighted by Gasteiger charge is 2.25. The summed E-state index contributed by atoms with van der Waals surface area (Å²) in [5.41, 5.74) is 0. The fourth-order valence-corrected chi connectivity index (χ4v) is 5.01. The van der Waals surface area contributed by atoms with Gasteiger partial charge >= 0.3 is 0 Å². The molecule has 1 aromatic heterocycles. The molecule has 0 unspecified atom stereocenters. The molecule has 0 N–H and O–H groups in total. The quantitative estimate of drug-likeness (QED) is 0.740. The van der Waals surface area contributed by atoms with Crippen molar-refractivity contribution in [1.29, 1.82) is 0 Å². The maximum absolute atomic E-state index is 12.4. The van der Waals surface area contributed by atoms with Gasteiger partial charge in [0.05, 0.1) is 13.0 Å². The molecule has 4 rings (SSSR count). The molecule has 28 heavy (non-hydrogen) atoms. The first kappa shape index (κ1) is 19.2.